The summed E-state index contributed by atoms with van der Waals surface area (Å²) in [6, 6.07) is 6.05. The van der Waals surface area contributed by atoms with Crippen molar-refractivity contribution in [3.8, 4) is 0 Å². The van der Waals surface area contributed by atoms with Crippen LogP contribution in [0.4, 0.5) is 0 Å². The highest BCUT2D eigenvalue weighted by atomic mass is 79.9. The van der Waals surface area contributed by atoms with Crippen LogP contribution in [0.1, 0.15) is 12.8 Å². The molecule has 0 bridgehead atoms. The monoisotopic (exact) mass is 295 g/mol. The van der Waals surface area contributed by atoms with Gasteiger partial charge in [-0.2, -0.15) is 0 Å². The minimum absolute atomic E-state index is 0.563. The van der Waals surface area contributed by atoms with E-state index in [2.05, 4.69) is 32.3 Å². The molecule has 1 saturated heterocycles. The SMILES string of the molecule is Brc1ccc2nnn(CC3CCCOC3)c2c1. The Hall–Kier alpha value is -0.940. The third kappa shape index (κ3) is 2.35. The van der Waals surface area contributed by atoms with Crippen LogP contribution in [-0.4, -0.2) is 28.2 Å². The van der Waals surface area contributed by atoms with Crippen molar-refractivity contribution in [1.29, 1.82) is 0 Å². The van der Waals surface area contributed by atoms with Crippen LogP contribution in [0.3, 0.4) is 0 Å². The van der Waals surface area contributed by atoms with E-state index in [4.69, 9.17) is 4.74 Å². The Balaban J connectivity index is 1.86. The Kier molecular flexibility index (Phi) is 3.11. The Bertz CT molecular complexity index is 519. The molecule has 0 amide bonds. The Labute approximate surface area is 108 Å². The topological polar surface area (TPSA) is 39.9 Å². The maximum absolute atomic E-state index is 5.50. The summed E-state index contributed by atoms with van der Waals surface area (Å²) in [7, 11) is 0. The lowest BCUT2D eigenvalue weighted by atomic mass is 10.0. The lowest BCUT2D eigenvalue weighted by Gasteiger charge is -2.21. The average Bonchev–Trinajstić information content (AvgIpc) is 2.73. The van der Waals surface area contributed by atoms with Crippen molar-refractivity contribution < 1.29 is 4.74 Å². The molecule has 1 unspecified atom stereocenters. The van der Waals surface area contributed by atoms with E-state index in [1.165, 1.54) is 6.42 Å². The zero-order chi connectivity index (χ0) is 11.7. The van der Waals surface area contributed by atoms with E-state index in [1.807, 2.05) is 16.8 Å². The molecule has 17 heavy (non-hydrogen) atoms. The summed E-state index contributed by atoms with van der Waals surface area (Å²) < 4.78 is 8.54. The zero-order valence-corrected chi connectivity index (χ0v) is 11.1. The molecule has 90 valence electrons. The predicted molar refractivity (Wildman–Crippen MR) is 68.8 cm³/mol. The van der Waals surface area contributed by atoms with Crippen LogP contribution in [0.5, 0.6) is 0 Å². The summed E-state index contributed by atoms with van der Waals surface area (Å²) in [4.78, 5) is 0. The van der Waals surface area contributed by atoms with Crippen molar-refractivity contribution in [2.75, 3.05) is 13.2 Å². The molecule has 2 aromatic rings. The molecule has 0 spiro atoms. The van der Waals surface area contributed by atoms with Gasteiger partial charge in [-0.05, 0) is 31.0 Å². The van der Waals surface area contributed by atoms with Gasteiger partial charge in [0, 0.05) is 23.5 Å². The summed E-state index contributed by atoms with van der Waals surface area (Å²) in [6.45, 7) is 2.64. The maximum atomic E-state index is 5.50. The third-order valence-electron chi connectivity index (χ3n) is 3.16. The Morgan fingerprint density at radius 1 is 1.47 bits per heavy atom. The number of ether oxygens (including phenoxy) is 1. The second kappa shape index (κ2) is 4.74. The van der Waals surface area contributed by atoms with Gasteiger partial charge in [-0.25, -0.2) is 4.68 Å². The van der Waals surface area contributed by atoms with E-state index in [9.17, 15) is 0 Å². The number of hydrogen-bond acceptors (Lipinski definition) is 3. The fraction of sp³-hybridized carbons (Fsp3) is 0.500. The Morgan fingerprint density at radius 2 is 2.41 bits per heavy atom. The van der Waals surface area contributed by atoms with E-state index in [0.717, 1.165) is 41.7 Å². The molecule has 0 aliphatic carbocycles. The van der Waals surface area contributed by atoms with E-state index in [-0.39, 0.29) is 0 Å². The van der Waals surface area contributed by atoms with Gasteiger partial charge < -0.3 is 4.74 Å². The maximum Gasteiger partial charge on any atom is 0.113 e. The first-order valence-electron chi connectivity index (χ1n) is 5.89. The highest BCUT2D eigenvalue weighted by molar-refractivity contribution is 9.10. The second-order valence-corrected chi connectivity index (χ2v) is 5.40. The highest BCUT2D eigenvalue weighted by Gasteiger charge is 2.16. The van der Waals surface area contributed by atoms with Crippen LogP contribution in [0.15, 0.2) is 22.7 Å². The van der Waals surface area contributed by atoms with Crippen LogP contribution in [-0.2, 0) is 11.3 Å². The van der Waals surface area contributed by atoms with Gasteiger partial charge in [0.25, 0.3) is 0 Å². The van der Waals surface area contributed by atoms with Gasteiger partial charge in [-0.1, -0.05) is 21.1 Å². The van der Waals surface area contributed by atoms with Gasteiger partial charge in [0.05, 0.1) is 12.1 Å². The normalized spacial score (nSPS) is 20.9. The molecule has 3 rings (SSSR count). The fourth-order valence-electron chi connectivity index (χ4n) is 2.27. The van der Waals surface area contributed by atoms with E-state index < -0.39 is 0 Å². The Morgan fingerprint density at radius 3 is 3.24 bits per heavy atom. The highest BCUT2D eigenvalue weighted by Crippen LogP contribution is 2.21. The number of halogens is 1. The van der Waals surface area contributed by atoms with Gasteiger partial charge in [-0.15, -0.1) is 5.10 Å². The molecule has 1 aromatic heterocycles. The third-order valence-corrected chi connectivity index (χ3v) is 3.65. The minimum atomic E-state index is 0.563. The van der Waals surface area contributed by atoms with Crippen molar-refractivity contribution >= 4 is 27.0 Å². The molecule has 2 heterocycles. The molecule has 0 radical (unpaired) electrons. The average molecular weight is 296 g/mol. The van der Waals surface area contributed by atoms with Crippen LogP contribution in [0, 0.1) is 5.92 Å². The molecular formula is C12H14BrN3O. The predicted octanol–water partition coefficient (Wildman–Crippen LogP) is 2.62. The van der Waals surface area contributed by atoms with Gasteiger partial charge in [0.1, 0.15) is 5.52 Å². The van der Waals surface area contributed by atoms with Gasteiger partial charge in [0.15, 0.2) is 0 Å². The summed E-state index contributed by atoms with van der Waals surface area (Å²) in [6.07, 6.45) is 2.37. The molecule has 1 fully saturated rings. The minimum Gasteiger partial charge on any atom is -0.381 e. The van der Waals surface area contributed by atoms with Crippen molar-refractivity contribution in [3.63, 3.8) is 0 Å². The number of hydrogen-bond donors (Lipinski definition) is 0. The lowest BCUT2D eigenvalue weighted by molar-refractivity contribution is 0.0473. The van der Waals surface area contributed by atoms with Gasteiger partial charge >= 0.3 is 0 Å². The first-order valence-corrected chi connectivity index (χ1v) is 6.69. The number of nitrogens with zero attached hydrogens (tertiary/aromatic N) is 3. The summed E-state index contributed by atoms with van der Waals surface area (Å²) in [5.74, 6) is 0.563. The molecule has 0 N–H and O–H groups in total. The van der Waals surface area contributed by atoms with E-state index >= 15 is 0 Å². The standard InChI is InChI=1S/C12H14BrN3O/c13-10-3-4-11-12(6-10)16(15-14-11)7-9-2-1-5-17-8-9/h3-4,6,9H,1-2,5,7-8H2. The van der Waals surface area contributed by atoms with Crippen molar-refractivity contribution in [3.05, 3.63) is 22.7 Å². The first-order chi connectivity index (χ1) is 8.33. The van der Waals surface area contributed by atoms with E-state index in [0.29, 0.717) is 5.92 Å². The van der Waals surface area contributed by atoms with Crippen molar-refractivity contribution in [2.24, 2.45) is 5.92 Å². The molecule has 1 aliphatic heterocycles. The summed E-state index contributed by atoms with van der Waals surface area (Å²) in [5, 5.41) is 8.40. The molecule has 1 aliphatic rings. The zero-order valence-electron chi connectivity index (χ0n) is 9.47. The van der Waals surface area contributed by atoms with E-state index in [1.54, 1.807) is 0 Å². The summed E-state index contributed by atoms with van der Waals surface area (Å²) in [5.41, 5.74) is 2.04. The molecular weight excluding hydrogens is 282 g/mol. The summed E-state index contributed by atoms with van der Waals surface area (Å²) >= 11 is 3.48. The fourth-order valence-corrected chi connectivity index (χ4v) is 2.62. The molecule has 0 saturated carbocycles. The van der Waals surface area contributed by atoms with Crippen molar-refractivity contribution in [2.45, 2.75) is 19.4 Å². The molecule has 4 nitrogen and oxygen atoms in total. The van der Waals surface area contributed by atoms with Gasteiger partial charge in [0.2, 0.25) is 0 Å². The quantitative estimate of drug-likeness (QED) is 0.855. The molecule has 1 aromatic carbocycles. The first kappa shape index (κ1) is 11.2. The van der Waals surface area contributed by atoms with Gasteiger partial charge in [-0.3, -0.25) is 0 Å². The van der Waals surface area contributed by atoms with Crippen LogP contribution < -0.4 is 0 Å². The number of benzene rings is 1. The molecule has 1 atom stereocenters. The van der Waals surface area contributed by atoms with Crippen LogP contribution >= 0.6 is 15.9 Å². The smallest absolute Gasteiger partial charge is 0.113 e. The number of rotatable bonds is 2. The second-order valence-electron chi connectivity index (χ2n) is 4.49. The van der Waals surface area contributed by atoms with Crippen molar-refractivity contribution in [1.82, 2.24) is 15.0 Å². The number of aromatic nitrogens is 3. The van der Waals surface area contributed by atoms with Crippen LogP contribution in [0.25, 0.3) is 11.0 Å². The lowest BCUT2D eigenvalue weighted by Crippen LogP contribution is -2.22. The van der Waals surface area contributed by atoms with Crippen LogP contribution in [0.2, 0.25) is 0 Å². The number of fused-ring (bicyclic) bond motifs is 1. The largest absolute Gasteiger partial charge is 0.381 e. The molecule has 5 heteroatoms.